The Morgan fingerprint density at radius 1 is 1.21 bits per heavy atom. The van der Waals surface area contributed by atoms with E-state index >= 15 is 0 Å². The summed E-state index contributed by atoms with van der Waals surface area (Å²) in [7, 11) is 1.86. The number of carbonyl (C=O) groups is 1. The molecule has 2 heterocycles. The number of thiazole rings is 1. The van der Waals surface area contributed by atoms with Crippen LogP contribution >= 0.6 is 22.9 Å². The van der Waals surface area contributed by atoms with Crippen LogP contribution in [-0.4, -0.2) is 15.5 Å². The number of hydrogen-bond donors (Lipinski definition) is 1. The average molecular weight is 356 g/mol. The summed E-state index contributed by atoms with van der Waals surface area (Å²) in [6.07, 6.45) is 0. The summed E-state index contributed by atoms with van der Waals surface area (Å²) in [5.41, 5.74) is 3.24. The molecule has 0 unspecified atom stereocenters. The van der Waals surface area contributed by atoms with Gasteiger partial charge in [0.2, 0.25) is 0 Å². The molecule has 0 saturated heterocycles. The zero-order valence-electron chi connectivity index (χ0n) is 13.1. The predicted octanol–water partition coefficient (Wildman–Crippen LogP) is 5.00. The van der Waals surface area contributed by atoms with E-state index in [1.807, 2.05) is 61.0 Å². The topological polar surface area (TPSA) is 46.9 Å². The Morgan fingerprint density at radius 2 is 2.04 bits per heavy atom. The first-order valence-electron chi connectivity index (χ1n) is 7.45. The first kappa shape index (κ1) is 15.2. The van der Waals surface area contributed by atoms with Crippen LogP contribution in [-0.2, 0) is 7.05 Å². The van der Waals surface area contributed by atoms with E-state index in [0.29, 0.717) is 10.7 Å². The van der Waals surface area contributed by atoms with E-state index in [2.05, 4.69) is 10.3 Å². The summed E-state index contributed by atoms with van der Waals surface area (Å²) in [5, 5.41) is 5.62. The van der Waals surface area contributed by atoms with Gasteiger partial charge in [0.25, 0.3) is 5.91 Å². The van der Waals surface area contributed by atoms with Crippen molar-refractivity contribution in [3.05, 3.63) is 58.2 Å². The van der Waals surface area contributed by atoms with Gasteiger partial charge in [-0.2, -0.15) is 0 Å². The minimum Gasteiger partial charge on any atom is -0.340 e. The maximum Gasteiger partial charge on any atom is 0.272 e. The SMILES string of the molecule is Cc1nc2ccc(NC(=O)c3cc4ccc(Cl)cc4n3C)cc2s1. The number of nitrogens with zero attached hydrogens (tertiary/aromatic N) is 2. The molecule has 1 N–H and O–H groups in total. The molecule has 24 heavy (non-hydrogen) atoms. The summed E-state index contributed by atoms with van der Waals surface area (Å²) in [4.78, 5) is 17.1. The highest BCUT2D eigenvalue weighted by molar-refractivity contribution is 7.18. The van der Waals surface area contributed by atoms with Gasteiger partial charge < -0.3 is 9.88 Å². The van der Waals surface area contributed by atoms with Gasteiger partial charge in [-0.05, 0) is 43.3 Å². The number of halogens is 1. The van der Waals surface area contributed by atoms with Crippen LogP contribution in [0.2, 0.25) is 5.02 Å². The highest BCUT2D eigenvalue weighted by atomic mass is 35.5. The number of benzene rings is 2. The number of hydrogen-bond acceptors (Lipinski definition) is 3. The highest BCUT2D eigenvalue weighted by Gasteiger charge is 2.14. The number of nitrogens with one attached hydrogen (secondary N) is 1. The molecule has 0 saturated carbocycles. The number of rotatable bonds is 2. The lowest BCUT2D eigenvalue weighted by Gasteiger charge is -2.06. The van der Waals surface area contributed by atoms with Crippen molar-refractivity contribution in [2.45, 2.75) is 6.92 Å². The predicted molar refractivity (Wildman–Crippen MR) is 100 cm³/mol. The molecule has 4 nitrogen and oxygen atoms in total. The Labute approximate surface area is 147 Å². The molecule has 2 aromatic carbocycles. The van der Waals surface area contributed by atoms with E-state index in [-0.39, 0.29) is 5.91 Å². The van der Waals surface area contributed by atoms with Crippen LogP contribution in [0.3, 0.4) is 0 Å². The van der Waals surface area contributed by atoms with Gasteiger partial charge in [0.15, 0.2) is 0 Å². The van der Waals surface area contributed by atoms with Crippen LogP contribution in [0.1, 0.15) is 15.5 Å². The van der Waals surface area contributed by atoms with Gasteiger partial charge in [0.05, 0.1) is 15.2 Å². The second kappa shape index (κ2) is 5.61. The molecule has 6 heteroatoms. The molecule has 0 bridgehead atoms. The summed E-state index contributed by atoms with van der Waals surface area (Å²) in [6.45, 7) is 1.98. The molecule has 0 radical (unpaired) electrons. The van der Waals surface area contributed by atoms with Crippen molar-refractivity contribution >= 4 is 55.7 Å². The lowest BCUT2D eigenvalue weighted by Crippen LogP contribution is -2.15. The van der Waals surface area contributed by atoms with Crippen LogP contribution in [0.4, 0.5) is 5.69 Å². The molecule has 120 valence electrons. The molecular formula is C18H14ClN3OS. The van der Waals surface area contributed by atoms with Crippen molar-refractivity contribution in [2.75, 3.05) is 5.32 Å². The summed E-state index contributed by atoms with van der Waals surface area (Å²) in [5.74, 6) is -0.148. The van der Waals surface area contributed by atoms with Crippen LogP contribution in [0.15, 0.2) is 42.5 Å². The Bertz CT molecular complexity index is 1100. The third-order valence-corrected chi connectivity index (χ3v) is 5.16. The highest BCUT2D eigenvalue weighted by Crippen LogP contribution is 2.26. The van der Waals surface area contributed by atoms with Crippen molar-refractivity contribution in [2.24, 2.45) is 7.05 Å². The Kier molecular flexibility index (Phi) is 3.55. The first-order chi connectivity index (χ1) is 11.5. The molecule has 4 rings (SSSR count). The van der Waals surface area contributed by atoms with Crippen molar-refractivity contribution in [3.8, 4) is 0 Å². The number of aromatic nitrogens is 2. The Hall–Kier alpha value is -2.37. The fourth-order valence-corrected chi connectivity index (χ4v) is 3.87. The molecule has 0 aliphatic carbocycles. The third kappa shape index (κ3) is 2.56. The van der Waals surface area contributed by atoms with Gasteiger partial charge in [0.1, 0.15) is 5.69 Å². The number of amides is 1. The molecule has 0 fully saturated rings. The molecule has 1 amide bonds. The van der Waals surface area contributed by atoms with Crippen LogP contribution in [0.5, 0.6) is 0 Å². The molecule has 0 aliphatic rings. The summed E-state index contributed by atoms with van der Waals surface area (Å²) >= 11 is 7.66. The molecular weight excluding hydrogens is 342 g/mol. The number of carbonyl (C=O) groups excluding carboxylic acids is 1. The largest absolute Gasteiger partial charge is 0.340 e. The minimum atomic E-state index is -0.148. The molecule has 4 aromatic rings. The average Bonchev–Trinajstić information content (AvgIpc) is 3.06. The van der Waals surface area contributed by atoms with Gasteiger partial charge in [-0.25, -0.2) is 4.98 Å². The monoisotopic (exact) mass is 355 g/mol. The second-order valence-electron chi connectivity index (χ2n) is 5.66. The molecule has 0 aliphatic heterocycles. The van der Waals surface area contributed by atoms with Crippen LogP contribution in [0, 0.1) is 6.92 Å². The van der Waals surface area contributed by atoms with Gasteiger partial charge in [-0.15, -0.1) is 11.3 Å². The van der Waals surface area contributed by atoms with Crippen molar-refractivity contribution in [1.82, 2.24) is 9.55 Å². The van der Waals surface area contributed by atoms with Gasteiger partial charge in [-0.1, -0.05) is 17.7 Å². The zero-order valence-corrected chi connectivity index (χ0v) is 14.7. The van der Waals surface area contributed by atoms with Crippen molar-refractivity contribution in [1.29, 1.82) is 0 Å². The fourth-order valence-electron chi connectivity index (χ4n) is 2.83. The van der Waals surface area contributed by atoms with E-state index < -0.39 is 0 Å². The van der Waals surface area contributed by atoms with Crippen molar-refractivity contribution < 1.29 is 4.79 Å². The van der Waals surface area contributed by atoms with E-state index in [1.165, 1.54) is 0 Å². The van der Waals surface area contributed by atoms with Gasteiger partial charge >= 0.3 is 0 Å². The van der Waals surface area contributed by atoms with Gasteiger partial charge in [0, 0.05) is 28.7 Å². The minimum absolute atomic E-state index is 0.148. The van der Waals surface area contributed by atoms with E-state index in [9.17, 15) is 4.79 Å². The quantitative estimate of drug-likeness (QED) is 0.550. The molecule has 2 aromatic heterocycles. The number of aryl methyl sites for hydroxylation is 2. The standard InChI is InChI=1S/C18H14ClN3OS/c1-10-20-14-6-5-13(9-17(14)24-10)21-18(23)16-7-11-3-4-12(19)8-15(11)22(16)2/h3-9H,1-2H3,(H,21,23). The Morgan fingerprint density at radius 3 is 2.88 bits per heavy atom. The smallest absolute Gasteiger partial charge is 0.272 e. The normalized spacial score (nSPS) is 11.3. The number of anilines is 1. The van der Waals surface area contributed by atoms with E-state index in [4.69, 9.17) is 11.6 Å². The molecule has 0 atom stereocenters. The van der Waals surface area contributed by atoms with Gasteiger partial charge in [-0.3, -0.25) is 4.79 Å². The maximum absolute atomic E-state index is 12.7. The number of fused-ring (bicyclic) bond motifs is 2. The van der Waals surface area contributed by atoms with E-state index in [1.54, 1.807) is 11.3 Å². The third-order valence-electron chi connectivity index (χ3n) is 3.99. The molecule has 0 spiro atoms. The second-order valence-corrected chi connectivity index (χ2v) is 7.33. The first-order valence-corrected chi connectivity index (χ1v) is 8.64. The Balaban J connectivity index is 1.68. The maximum atomic E-state index is 12.7. The lowest BCUT2D eigenvalue weighted by atomic mass is 10.2. The van der Waals surface area contributed by atoms with Crippen LogP contribution < -0.4 is 5.32 Å². The van der Waals surface area contributed by atoms with Crippen molar-refractivity contribution in [3.63, 3.8) is 0 Å². The lowest BCUT2D eigenvalue weighted by molar-refractivity contribution is 0.102. The zero-order chi connectivity index (χ0) is 16.8. The summed E-state index contributed by atoms with van der Waals surface area (Å²) < 4.78 is 2.92. The van der Waals surface area contributed by atoms with E-state index in [0.717, 1.165) is 31.8 Å². The van der Waals surface area contributed by atoms with Crippen LogP contribution in [0.25, 0.3) is 21.1 Å². The fraction of sp³-hybridized carbons (Fsp3) is 0.111. The summed E-state index contributed by atoms with van der Waals surface area (Å²) in [6, 6.07) is 13.2.